The molecule has 1 aliphatic heterocycles. The number of Topliss-reactive ketones (excluding diaryl/α,β-unsaturated/α-hetero) is 1. The van der Waals surface area contributed by atoms with Crippen LogP contribution >= 0.6 is 0 Å². The molecule has 2 aromatic rings. The van der Waals surface area contributed by atoms with Gasteiger partial charge in [-0.25, -0.2) is 0 Å². The highest BCUT2D eigenvalue weighted by Gasteiger charge is 2.46. The number of ether oxygens (including phenoxy) is 1. The van der Waals surface area contributed by atoms with Crippen LogP contribution in [0.2, 0.25) is 0 Å². The molecule has 1 heterocycles. The van der Waals surface area contributed by atoms with Crippen molar-refractivity contribution in [2.45, 2.75) is 26.3 Å². The predicted molar refractivity (Wildman–Crippen MR) is 110 cm³/mol. The third-order valence-corrected chi connectivity index (χ3v) is 4.94. The van der Waals surface area contributed by atoms with Crippen LogP contribution in [0.1, 0.15) is 36.1 Å². The lowest BCUT2D eigenvalue weighted by molar-refractivity contribution is -0.142. The minimum absolute atomic E-state index is 0.0570. The summed E-state index contributed by atoms with van der Waals surface area (Å²) in [6.45, 7) is 4.09. The summed E-state index contributed by atoms with van der Waals surface area (Å²) in [6, 6.07) is 12.9. The number of carboxylic acids is 1. The lowest BCUT2D eigenvalue weighted by Crippen LogP contribution is -2.31. The van der Waals surface area contributed by atoms with Crippen molar-refractivity contribution in [3.8, 4) is 5.75 Å². The average Bonchev–Trinajstić information content (AvgIpc) is 2.98. The summed E-state index contributed by atoms with van der Waals surface area (Å²) in [6.07, 6.45) is -0.314. The van der Waals surface area contributed by atoms with E-state index in [0.717, 1.165) is 5.56 Å². The van der Waals surface area contributed by atoms with Crippen LogP contribution in [0.25, 0.3) is 5.76 Å². The molecule has 2 N–H and O–H groups in total. The van der Waals surface area contributed by atoms with E-state index in [2.05, 4.69) is 0 Å². The molecule has 0 spiro atoms. The van der Waals surface area contributed by atoms with Gasteiger partial charge in [-0.3, -0.25) is 14.4 Å². The normalized spacial score (nSPS) is 17.9. The fourth-order valence-electron chi connectivity index (χ4n) is 3.45. The first-order chi connectivity index (χ1) is 14.3. The van der Waals surface area contributed by atoms with Gasteiger partial charge in [0.1, 0.15) is 11.5 Å². The van der Waals surface area contributed by atoms with E-state index in [4.69, 9.17) is 9.84 Å². The number of aliphatic hydroxyl groups is 1. The first-order valence-corrected chi connectivity index (χ1v) is 9.63. The quantitative estimate of drug-likeness (QED) is 0.413. The summed E-state index contributed by atoms with van der Waals surface area (Å²) in [5.74, 6) is -2.41. The van der Waals surface area contributed by atoms with Gasteiger partial charge in [0.15, 0.2) is 0 Å². The van der Waals surface area contributed by atoms with Gasteiger partial charge in [0.05, 0.1) is 24.6 Å². The first-order valence-electron chi connectivity index (χ1n) is 9.63. The Balaban J connectivity index is 2.11. The van der Waals surface area contributed by atoms with Crippen molar-refractivity contribution < 1.29 is 29.3 Å². The highest BCUT2D eigenvalue weighted by Crippen LogP contribution is 2.39. The highest BCUT2D eigenvalue weighted by molar-refractivity contribution is 6.46. The number of hydrogen-bond donors (Lipinski definition) is 2. The molecule has 0 radical (unpaired) electrons. The maximum absolute atomic E-state index is 12.8. The number of aryl methyl sites for hydroxylation is 1. The number of aliphatic hydroxyl groups excluding tert-OH is 1. The number of carbonyl (C=O) groups is 3. The lowest BCUT2D eigenvalue weighted by atomic mass is 9.95. The van der Waals surface area contributed by atoms with Crippen LogP contribution in [0.4, 0.5) is 0 Å². The summed E-state index contributed by atoms with van der Waals surface area (Å²) in [5.41, 5.74) is 1.92. The van der Waals surface area contributed by atoms with Crippen molar-refractivity contribution >= 4 is 23.4 Å². The third kappa shape index (κ3) is 4.20. The number of aliphatic carboxylic acids is 1. The topological polar surface area (TPSA) is 104 Å². The summed E-state index contributed by atoms with van der Waals surface area (Å²) in [5, 5.41) is 20.0. The van der Waals surface area contributed by atoms with Crippen molar-refractivity contribution in [2.24, 2.45) is 0 Å². The molecule has 7 heteroatoms. The number of ketones is 1. The van der Waals surface area contributed by atoms with E-state index >= 15 is 0 Å². The van der Waals surface area contributed by atoms with Gasteiger partial charge < -0.3 is 19.8 Å². The summed E-state index contributed by atoms with van der Waals surface area (Å²) in [7, 11) is 0. The highest BCUT2D eigenvalue weighted by atomic mass is 16.5. The van der Waals surface area contributed by atoms with Gasteiger partial charge in [-0.15, -0.1) is 0 Å². The van der Waals surface area contributed by atoms with E-state index in [1.807, 2.05) is 13.8 Å². The molecule has 1 aliphatic rings. The van der Waals surface area contributed by atoms with Crippen LogP contribution in [0.15, 0.2) is 54.1 Å². The number of likely N-dealkylation sites (tertiary alicyclic amines) is 1. The molecule has 1 saturated heterocycles. The SMILES string of the molecule is CCOc1ccc(C2/C(=C(/O)c3ccc(C)cc3)C(=O)C(=O)N2CCC(=O)O)cc1. The molecule has 156 valence electrons. The Hall–Kier alpha value is -3.61. The molecule has 30 heavy (non-hydrogen) atoms. The van der Waals surface area contributed by atoms with Crippen LogP contribution in [-0.4, -0.2) is 45.9 Å². The zero-order valence-corrected chi connectivity index (χ0v) is 16.8. The summed E-state index contributed by atoms with van der Waals surface area (Å²) in [4.78, 5) is 37.8. The molecule has 7 nitrogen and oxygen atoms in total. The van der Waals surface area contributed by atoms with Crippen molar-refractivity contribution in [3.63, 3.8) is 0 Å². The largest absolute Gasteiger partial charge is 0.507 e. The van der Waals surface area contributed by atoms with E-state index in [-0.39, 0.29) is 24.3 Å². The molecule has 1 amide bonds. The van der Waals surface area contributed by atoms with Crippen LogP contribution < -0.4 is 4.74 Å². The Kier molecular flexibility index (Phi) is 6.20. The first kappa shape index (κ1) is 21.1. The van der Waals surface area contributed by atoms with Crippen LogP contribution in [-0.2, 0) is 14.4 Å². The Labute approximate surface area is 174 Å². The number of benzene rings is 2. The van der Waals surface area contributed by atoms with Gasteiger partial charge in [-0.2, -0.15) is 0 Å². The Bertz CT molecular complexity index is 991. The standard InChI is InChI=1S/C23H23NO6/c1-3-30-17-10-8-15(9-11-17)20-19(21(27)16-6-4-14(2)5-7-16)22(28)23(29)24(20)13-12-18(25)26/h4-11,20,27H,3,12-13H2,1-2H3,(H,25,26)/b21-19-. The van der Waals surface area contributed by atoms with Crippen LogP contribution in [0, 0.1) is 6.92 Å². The molecule has 0 saturated carbocycles. The van der Waals surface area contributed by atoms with E-state index in [1.54, 1.807) is 48.5 Å². The van der Waals surface area contributed by atoms with E-state index in [0.29, 0.717) is 23.5 Å². The Morgan fingerprint density at radius 2 is 1.67 bits per heavy atom. The number of amides is 1. The van der Waals surface area contributed by atoms with Crippen LogP contribution in [0.3, 0.4) is 0 Å². The van der Waals surface area contributed by atoms with Gasteiger partial charge in [-0.1, -0.05) is 42.0 Å². The second kappa shape index (κ2) is 8.82. The van der Waals surface area contributed by atoms with Crippen molar-refractivity contribution in [1.29, 1.82) is 0 Å². The molecular formula is C23H23NO6. The number of hydrogen-bond acceptors (Lipinski definition) is 5. The molecule has 2 aromatic carbocycles. The maximum Gasteiger partial charge on any atom is 0.305 e. The maximum atomic E-state index is 12.8. The molecule has 1 atom stereocenters. The lowest BCUT2D eigenvalue weighted by Gasteiger charge is -2.25. The number of carboxylic acid groups (broad SMARTS) is 1. The van der Waals surface area contributed by atoms with Gasteiger partial charge in [-0.05, 0) is 31.5 Å². The zero-order chi connectivity index (χ0) is 21.8. The number of nitrogens with zero attached hydrogens (tertiary/aromatic N) is 1. The molecule has 1 fully saturated rings. The van der Waals surface area contributed by atoms with E-state index in [9.17, 15) is 19.5 Å². The van der Waals surface area contributed by atoms with Gasteiger partial charge in [0.2, 0.25) is 0 Å². The number of carbonyl (C=O) groups excluding carboxylic acids is 2. The van der Waals surface area contributed by atoms with E-state index in [1.165, 1.54) is 4.90 Å². The second-order valence-electron chi connectivity index (χ2n) is 7.00. The molecular weight excluding hydrogens is 386 g/mol. The van der Waals surface area contributed by atoms with Crippen molar-refractivity contribution in [3.05, 3.63) is 70.8 Å². The molecule has 3 rings (SSSR count). The molecule has 0 aromatic heterocycles. The smallest absolute Gasteiger partial charge is 0.305 e. The van der Waals surface area contributed by atoms with E-state index < -0.39 is 23.7 Å². The Morgan fingerprint density at radius 3 is 2.23 bits per heavy atom. The Morgan fingerprint density at radius 1 is 1.03 bits per heavy atom. The molecule has 0 bridgehead atoms. The average molecular weight is 409 g/mol. The van der Waals surface area contributed by atoms with Crippen molar-refractivity contribution in [2.75, 3.05) is 13.2 Å². The fraction of sp³-hybridized carbons (Fsp3) is 0.261. The molecule has 0 aliphatic carbocycles. The third-order valence-electron chi connectivity index (χ3n) is 4.94. The number of rotatable bonds is 7. The predicted octanol–water partition coefficient (Wildman–Crippen LogP) is 3.29. The van der Waals surface area contributed by atoms with Gasteiger partial charge >= 0.3 is 5.97 Å². The molecule has 1 unspecified atom stereocenters. The second-order valence-corrected chi connectivity index (χ2v) is 7.00. The summed E-state index contributed by atoms with van der Waals surface area (Å²) >= 11 is 0. The van der Waals surface area contributed by atoms with Crippen LogP contribution in [0.5, 0.6) is 5.75 Å². The fourth-order valence-corrected chi connectivity index (χ4v) is 3.45. The minimum Gasteiger partial charge on any atom is -0.507 e. The van der Waals surface area contributed by atoms with Gasteiger partial charge in [0.25, 0.3) is 11.7 Å². The monoisotopic (exact) mass is 409 g/mol. The van der Waals surface area contributed by atoms with Crippen molar-refractivity contribution in [1.82, 2.24) is 4.90 Å². The summed E-state index contributed by atoms with van der Waals surface area (Å²) < 4.78 is 5.44. The minimum atomic E-state index is -1.08. The zero-order valence-electron chi connectivity index (χ0n) is 16.8. The van der Waals surface area contributed by atoms with Gasteiger partial charge in [0, 0.05) is 12.1 Å².